The molecule has 1 atom stereocenters. The van der Waals surface area contributed by atoms with Crippen molar-refractivity contribution >= 4 is 0 Å². The third-order valence-corrected chi connectivity index (χ3v) is 2.94. The van der Waals surface area contributed by atoms with Gasteiger partial charge in [0.1, 0.15) is 6.04 Å². The van der Waals surface area contributed by atoms with Gasteiger partial charge in [-0.2, -0.15) is 4.98 Å². The molecule has 2 N–H and O–H groups in total. The molecule has 5 heteroatoms. The fourth-order valence-corrected chi connectivity index (χ4v) is 2.07. The second-order valence-corrected chi connectivity index (χ2v) is 4.19. The number of benzene rings is 1. The summed E-state index contributed by atoms with van der Waals surface area (Å²) in [7, 11) is 0. The van der Waals surface area contributed by atoms with Gasteiger partial charge in [0.2, 0.25) is 5.89 Å². The van der Waals surface area contributed by atoms with Crippen LogP contribution in [0.25, 0.3) is 0 Å². The van der Waals surface area contributed by atoms with E-state index in [0.717, 1.165) is 5.56 Å². The first-order valence-electron chi connectivity index (χ1n) is 6.08. The molecule has 0 saturated carbocycles. The van der Waals surface area contributed by atoms with Gasteiger partial charge in [0.25, 0.3) is 0 Å². The Labute approximate surface area is 110 Å². The maximum Gasteiger partial charge on any atom is 0.240 e. The summed E-state index contributed by atoms with van der Waals surface area (Å²) in [5, 5.41) is 4.03. The van der Waals surface area contributed by atoms with Crippen molar-refractivity contribution in [2.45, 2.75) is 12.6 Å². The van der Waals surface area contributed by atoms with Gasteiger partial charge < -0.3 is 14.8 Å². The molecule has 96 valence electrons. The molecule has 2 heterocycles. The summed E-state index contributed by atoms with van der Waals surface area (Å²) in [6.45, 7) is 0.250. The minimum Gasteiger partial charge on any atom is -0.339 e. The Morgan fingerprint density at radius 1 is 1.11 bits per heavy atom. The SMILES string of the molecule is NCc1nc(C(c2ccccc2)n2cccc2)no1. The molecule has 5 nitrogen and oxygen atoms in total. The summed E-state index contributed by atoms with van der Waals surface area (Å²) in [4.78, 5) is 4.34. The van der Waals surface area contributed by atoms with Gasteiger partial charge in [0.05, 0.1) is 6.54 Å². The zero-order valence-corrected chi connectivity index (χ0v) is 10.3. The molecule has 2 aromatic heterocycles. The monoisotopic (exact) mass is 254 g/mol. The molecule has 0 fully saturated rings. The molecular weight excluding hydrogens is 240 g/mol. The van der Waals surface area contributed by atoms with E-state index >= 15 is 0 Å². The van der Waals surface area contributed by atoms with Crippen molar-refractivity contribution < 1.29 is 4.52 Å². The smallest absolute Gasteiger partial charge is 0.240 e. The summed E-state index contributed by atoms with van der Waals surface area (Å²) < 4.78 is 7.16. The average molecular weight is 254 g/mol. The molecule has 1 aromatic carbocycles. The summed E-state index contributed by atoms with van der Waals surface area (Å²) in [5.41, 5.74) is 6.62. The van der Waals surface area contributed by atoms with Crippen LogP contribution in [0.1, 0.15) is 23.3 Å². The molecule has 0 aliphatic carbocycles. The van der Waals surface area contributed by atoms with E-state index in [0.29, 0.717) is 11.7 Å². The van der Waals surface area contributed by atoms with Crippen LogP contribution in [0.3, 0.4) is 0 Å². The number of rotatable bonds is 4. The number of aromatic nitrogens is 3. The van der Waals surface area contributed by atoms with E-state index in [1.165, 1.54) is 0 Å². The second-order valence-electron chi connectivity index (χ2n) is 4.19. The third-order valence-electron chi connectivity index (χ3n) is 2.94. The lowest BCUT2D eigenvalue weighted by molar-refractivity contribution is 0.371. The Morgan fingerprint density at radius 2 is 1.84 bits per heavy atom. The van der Waals surface area contributed by atoms with Gasteiger partial charge in [-0.25, -0.2) is 0 Å². The lowest BCUT2D eigenvalue weighted by Gasteiger charge is -2.15. The fourth-order valence-electron chi connectivity index (χ4n) is 2.07. The number of hydrogen-bond donors (Lipinski definition) is 1. The van der Waals surface area contributed by atoms with Crippen molar-refractivity contribution in [2.24, 2.45) is 5.73 Å². The van der Waals surface area contributed by atoms with E-state index in [1.807, 2.05) is 59.4 Å². The molecule has 0 radical (unpaired) electrons. The van der Waals surface area contributed by atoms with Crippen LogP contribution in [0.15, 0.2) is 59.4 Å². The molecule has 0 aliphatic heterocycles. The average Bonchev–Trinajstić information content (AvgIpc) is 3.12. The van der Waals surface area contributed by atoms with Crippen molar-refractivity contribution in [1.29, 1.82) is 0 Å². The highest BCUT2D eigenvalue weighted by Gasteiger charge is 2.21. The largest absolute Gasteiger partial charge is 0.339 e. The van der Waals surface area contributed by atoms with E-state index in [-0.39, 0.29) is 12.6 Å². The molecule has 3 aromatic rings. The Balaban J connectivity index is 2.07. The van der Waals surface area contributed by atoms with Crippen LogP contribution in [-0.2, 0) is 6.54 Å². The molecule has 19 heavy (non-hydrogen) atoms. The first-order chi connectivity index (χ1) is 9.38. The Hall–Kier alpha value is -2.40. The highest BCUT2D eigenvalue weighted by Crippen LogP contribution is 2.24. The number of nitrogens with zero attached hydrogens (tertiary/aromatic N) is 3. The second kappa shape index (κ2) is 5.07. The first-order valence-corrected chi connectivity index (χ1v) is 6.08. The molecular formula is C14H14N4O. The van der Waals surface area contributed by atoms with Gasteiger partial charge in [-0.15, -0.1) is 0 Å². The first kappa shape index (κ1) is 11.7. The maximum atomic E-state index is 5.52. The van der Waals surface area contributed by atoms with Crippen molar-refractivity contribution in [3.8, 4) is 0 Å². The minimum absolute atomic E-state index is 0.0970. The van der Waals surface area contributed by atoms with Crippen LogP contribution in [0.2, 0.25) is 0 Å². The van der Waals surface area contributed by atoms with Crippen LogP contribution >= 0.6 is 0 Å². The van der Waals surface area contributed by atoms with Crippen LogP contribution in [-0.4, -0.2) is 14.7 Å². The zero-order valence-electron chi connectivity index (χ0n) is 10.3. The summed E-state index contributed by atoms with van der Waals surface area (Å²) >= 11 is 0. The zero-order chi connectivity index (χ0) is 13.1. The van der Waals surface area contributed by atoms with Crippen LogP contribution in [0, 0.1) is 0 Å². The van der Waals surface area contributed by atoms with Gasteiger partial charge in [-0.05, 0) is 17.7 Å². The predicted octanol–water partition coefficient (Wildman–Crippen LogP) is 1.97. The Bertz CT molecular complexity index is 631. The summed E-state index contributed by atoms with van der Waals surface area (Å²) in [5.74, 6) is 1.06. The lowest BCUT2D eigenvalue weighted by atomic mass is 10.1. The van der Waals surface area contributed by atoms with Gasteiger partial charge >= 0.3 is 0 Å². The van der Waals surface area contributed by atoms with E-state index < -0.39 is 0 Å². The van der Waals surface area contributed by atoms with Crippen LogP contribution in [0.5, 0.6) is 0 Å². The quantitative estimate of drug-likeness (QED) is 0.772. The predicted molar refractivity (Wildman–Crippen MR) is 70.3 cm³/mol. The fraction of sp³-hybridized carbons (Fsp3) is 0.143. The van der Waals surface area contributed by atoms with E-state index in [2.05, 4.69) is 10.1 Å². The van der Waals surface area contributed by atoms with Gasteiger partial charge in [0.15, 0.2) is 5.82 Å². The van der Waals surface area contributed by atoms with E-state index in [1.54, 1.807) is 0 Å². The molecule has 0 bridgehead atoms. The standard InChI is InChI=1S/C14H14N4O/c15-10-12-16-14(17-19-12)13(18-8-4-5-9-18)11-6-2-1-3-7-11/h1-9,13H,10,15H2. The summed E-state index contributed by atoms with van der Waals surface area (Å²) in [6, 6.07) is 13.9. The maximum absolute atomic E-state index is 5.52. The highest BCUT2D eigenvalue weighted by atomic mass is 16.5. The number of hydrogen-bond acceptors (Lipinski definition) is 4. The molecule has 0 spiro atoms. The van der Waals surface area contributed by atoms with E-state index in [4.69, 9.17) is 10.3 Å². The van der Waals surface area contributed by atoms with Crippen LogP contribution < -0.4 is 5.73 Å². The third kappa shape index (κ3) is 2.28. The molecule has 1 unspecified atom stereocenters. The van der Waals surface area contributed by atoms with E-state index in [9.17, 15) is 0 Å². The highest BCUT2D eigenvalue weighted by molar-refractivity contribution is 5.26. The van der Waals surface area contributed by atoms with Crippen molar-refractivity contribution in [1.82, 2.24) is 14.7 Å². The molecule has 0 amide bonds. The van der Waals surface area contributed by atoms with Gasteiger partial charge in [-0.1, -0.05) is 35.5 Å². The molecule has 3 rings (SSSR count). The number of nitrogens with two attached hydrogens (primary N) is 1. The lowest BCUT2D eigenvalue weighted by Crippen LogP contribution is -2.12. The summed E-state index contributed by atoms with van der Waals surface area (Å²) in [6.07, 6.45) is 3.96. The topological polar surface area (TPSA) is 69.9 Å². The van der Waals surface area contributed by atoms with Gasteiger partial charge in [-0.3, -0.25) is 0 Å². The van der Waals surface area contributed by atoms with Gasteiger partial charge in [0, 0.05) is 12.4 Å². The van der Waals surface area contributed by atoms with Crippen molar-refractivity contribution in [2.75, 3.05) is 0 Å². The van der Waals surface area contributed by atoms with Crippen LogP contribution in [0.4, 0.5) is 0 Å². The van der Waals surface area contributed by atoms with Crippen molar-refractivity contribution in [3.05, 3.63) is 72.1 Å². The normalized spacial score (nSPS) is 12.5. The van der Waals surface area contributed by atoms with Crippen molar-refractivity contribution in [3.63, 3.8) is 0 Å². The minimum atomic E-state index is -0.0970. The molecule has 0 aliphatic rings. The Kier molecular flexibility index (Phi) is 3.12. The molecule has 0 saturated heterocycles. The Morgan fingerprint density at radius 3 is 2.47 bits per heavy atom.